The molecule has 138 valence electrons. The van der Waals surface area contributed by atoms with Crippen molar-refractivity contribution < 1.29 is 27.5 Å². The lowest BCUT2D eigenvalue weighted by molar-refractivity contribution is -0.138. The van der Waals surface area contributed by atoms with Gasteiger partial charge in [0, 0.05) is 11.4 Å². The Morgan fingerprint density at radius 1 is 1.44 bits per heavy atom. The van der Waals surface area contributed by atoms with Crippen molar-refractivity contribution in [3.8, 4) is 0 Å². The number of hydrogen-bond acceptors (Lipinski definition) is 8. The van der Waals surface area contributed by atoms with Gasteiger partial charge in [-0.05, 0) is 6.92 Å². The third-order valence-corrected chi connectivity index (χ3v) is 4.80. The van der Waals surface area contributed by atoms with E-state index in [-0.39, 0.29) is 29.6 Å². The Labute approximate surface area is 148 Å². The molecular formula is C12H14F3N5O3S2. The number of ether oxygens (including phenoxy) is 1. The number of nitrogens with one attached hydrogen (secondary N) is 3. The SMILES string of the molecule is CCOC(=O)C1=C(CSc2nnc(NCC(F)(F)F)s2)NC(=O)NC1. The number of carbonyl (C=O) groups is 2. The highest BCUT2D eigenvalue weighted by Gasteiger charge is 2.27. The highest BCUT2D eigenvalue weighted by Crippen LogP contribution is 2.28. The Kier molecular flexibility index (Phi) is 6.47. The molecule has 0 unspecified atom stereocenters. The summed E-state index contributed by atoms with van der Waals surface area (Å²) < 4.78 is 41.8. The maximum absolute atomic E-state index is 12.1. The van der Waals surface area contributed by atoms with E-state index in [0.29, 0.717) is 10.0 Å². The van der Waals surface area contributed by atoms with Crippen molar-refractivity contribution in [3.05, 3.63) is 11.3 Å². The van der Waals surface area contributed by atoms with E-state index in [1.165, 1.54) is 0 Å². The number of nitrogens with zero attached hydrogens (tertiary/aromatic N) is 2. The van der Waals surface area contributed by atoms with Crippen molar-refractivity contribution >= 4 is 40.2 Å². The number of aromatic nitrogens is 2. The van der Waals surface area contributed by atoms with Gasteiger partial charge < -0.3 is 20.7 Å². The van der Waals surface area contributed by atoms with Crippen LogP contribution in [0.3, 0.4) is 0 Å². The number of rotatable bonds is 7. The normalized spacial score (nSPS) is 14.8. The number of carbonyl (C=O) groups excluding carboxylic acids is 2. The second kappa shape index (κ2) is 8.38. The summed E-state index contributed by atoms with van der Waals surface area (Å²) in [7, 11) is 0. The van der Waals surface area contributed by atoms with E-state index < -0.39 is 24.7 Å². The Morgan fingerprint density at radius 3 is 2.88 bits per heavy atom. The van der Waals surface area contributed by atoms with E-state index in [4.69, 9.17) is 4.74 Å². The number of urea groups is 1. The third kappa shape index (κ3) is 6.08. The molecule has 25 heavy (non-hydrogen) atoms. The first-order valence-electron chi connectivity index (χ1n) is 6.99. The summed E-state index contributed by atoms with van der Waals surface area (Å²) in [6.45, 7) is 0.695. The lowest BCUT2D eigenvalue weighted by Crippen LogP contribution is -2.44. The van der Waals surface area contributed by atoms with Crippen molar-refractivity contribution in [2.24, 2.45) is 0 Å². The van der Waals surface area contributed by atoms with Gasteiger partial charge in [0.15, 0.2) is 4.34 Å². The minimum absolute atomic E-state index is 0.0359. The standard InChI is InChI=1S/C12H14F3N5O3S2/c1-2-23-8(21)6-3-16-9(22)18-7(6)4-24-11-20-19-10(25-11)17-5-12(13,14)15/h2-5H2,1H3,(H,17,19)(H2,16,18,22). The van der Waals surface area contributed by atoms with Crippen molar-refractivity contribution in [1.82, 2.24) is 20.8 Å². The van der Waals surface area contributed by atoms with Gasteiger partial charge in [-0.25, -0.2) is 9.59 Å². The average Bonchev–Trinajstić information content (AvgIpc) is 2.98. The van der Waals surface area contributed by atoms with Crippen molar-refractivity contribution in [2.45, 2.75) is 17.4 Å². The molecule has 0 spiro atoms. The summed E-state index contributed by atoms with van der Waals surface area (Å²) >= 11 is 2.08. The molecule has 0 radical (unpaired) electrons. The van der Waals surface area contributed by atoms with Gasteiger partial charge in [-0.3, -0.25) is 0 Å². The van der Waals surface area contributed by atoms with Gasteiger partial charge in [0.25, 0.3) is 0 Å². The quantitative estimate of drug-likeness (QED) is 0.475. The molecule has 3 N–H and O–H groups in total. The minimum Gasteiger partial charge on any atom is -0.463 e. The fourth-order valence-electron chi connectivity index (χ4n) is 1.72. The van der Waals surface area contributed by atoms with Crippen LogP contribution < -0.4 is 16.0 Å². The lowest BCUT2D eigenvalue weighted by Gasteiger charge is -2.20. The van der Waals surface area contributed by atoms with Crippen LogP contribution in [-0.4, -0.2) is 53.8 Å². The summed E-state index contributed by atoms with van der Waals surface area (Å²) in [4.78, 5) is 23.3. The van der Waals surface area contributed by atoms with Crippen LogP contribution in [0, 0.1) is 0 Å². The molecule has 8 nitrogen and oxygen atoms in total. The molecule has 0 saturated carbocycles. The number of amides is 2. The zero-order valence-electron chi connectivity index (χ0n) is 12.9. The molecule has 0 bridgehead atoms. The maximum atomic E-state index is 12.1. The van der Waals surface area contributed by atoms with Gasteiger partial charge in [-0.2, -0.15) is 13.2 Å². The fourth-order valence-corrected chi connectivity index (χ4v) is 3.45. The maximum Gasteiger partial charge on any atom is 0.405 e. The van der Waals surface area contributed by atoms with Gasteiger partial charge in [-0.1, -0.05) is 23.1 Å². The predicted molar refractivity (Wildman–Crippen MR) is 85.4 cm³/mol. The summed E-state index contributed by atoms with van der Waals surface area (Å²) in [6, 6.07) is -0.451. The lowest BCUT2D eigenvalue weighted by atomic mass is 10.2. The smallest absolute Gasteiger partial charge is 0.405 e. The molecule has 1 aromatic heterocycles. The first kappa shape index (κ1) is 19.3. The molecule has 0 saturated heterocycles. The Bertz CT molecular complexity index is 677. The molecule has 0 aromatic carbocycles. The van der Waals surface area contributed by atoms with Crippen LogP contribution in [-0.2, 0) is 9.53 Å². The first-order chi connectivity index (χ1) is 11.8. The molecule has 2 rings (SSSR count). The molecule has 1 aliphatic heterocycles. The second-order valence-electron chi connectivity index (χ2n) is 4.62. The predicted octanol–water partition coefficient (Wildman–Crippen LogP) is 1.73. The molecule has 1 aromatic rings. The van der Waals surface area contributed by atoms with Crippen LogP contribution in [0.5, 0.6) is 0 Å². The number of thioether (sulfide) groups is 1. The molecular weight excluding hydrogens is 383 g/mol. The van der Waals surface area contributed by atoms with E-state index in [9.17, 15) is 22.8 Å². The summed E-state index contributed by atoms with van der Waals surface area (Å²) in [5, 5.41) is 14.5. The van der Waals surface area contributed by atoms with Crippen molar-refractivity contribution in [2.75, 3.05) is 30.8 Å². The van der Waals surface area contributed by atoms with E-state index in [0.717, 1.165) is 23.1 Å². The van der Waals surface area contributed by atoms with Crippen molar-refractivity contribution in [3.63, 3.8) is 0 Å². The minimum atomic E-state index is -4.35. The van der Waals surface area contributed by atoms with Gasteiger partial charge in [0.2, 0.25) is 5.13 Å². The van der Waals surface area contributed by atoms with Gasteiger partial charge in [0.05, 0.1) is 18.7 Å². The summed E-state index contributed by atoms with van der Waals surface area (Å²) in [5.74, 6) is -0.356. The van der Waals surface area contributed by atoms with Gasteiger partial charge >= 0.3 is 18.2 Å². The molecule has 0 aliphatic carbocycles. The molecule has 2 amide bonds. The molecule has 0 fully saturated rings. The van der Waals surface area contributed by atoms with Crippen molar-refractivity contribution in [1.29, 1.82) is 0 Å². The molecule has 2 heterocycles. The molecule has 13 heteroatoms. The Balaban J connectivity index is 1.99. The molecule has 1 aliphatic rings. The van der Waals surface area contributed by atoms with Gasteiger partial charge in [-0.15, -0.1) is 10.2 Å². The zero-order chi connectivity index (χ0) is 18.4. The monoisotopic (exact) mass is 397 g/mol. The Hall–Kier alpha value is -2.02. The average molecular weight is 397 g/mol. The van der Waals surface area contributed by atoms with Crippen LogP contribution in [0.1, 0.15) is 6.92 Å². The second-order valence-corrected chi connectivity index (χ2v) is 6.82. The van der Waals surface area contributed by atoms with E-state index in [1.54, 1.807) is 6.92 Å². The van der Waals surface area contributed by atoms with Gasteiger partial charge in [0.1, 0.15) is 6.54 Å². The largest absolute Gasteiger partial charge is 0.463 e. The number of esters is 1. The number of alkyl halides is 3. The number of hydrogen-bond donors (Lipinski definition) is 3. The van der Waals surface area contributed by atoms with E-state index >= 15 is 0 Å². The first-order valence-corrected chi connectivity index (χ1v) is 8.79. The molecule has 0 atom stereocenters. The topological polar surface area (TPSA) is 105 Å². The van der Waals surface area contributed by atoms with Crippen LogP contribution in [0.25, 0.3) is 0 Å². The van der Waals surface area contributed by atoms with Crippen LogP contribution in [0.4, 0.5) is 23.1 Å². The van der Waals surface area contributed by atoms with Crippen LogP contribution in [0.2, 0.25) is 0 Å². The van der Waals surface area contributed by atoms with E-state index in [1.807, 2.05) is 0 Å². The Morgan fingerprint density at radius 2 is 2.20 bits per heavy atom. The highest BCUT2D eigenvalue weighted by molar-refractivity contribution is 8.01. The number of anilines is 1. The summed E-state index contributed by atoms with van der Waals surface area (Å²) in [5.41, 5.74) is 0.654. The summed E-state index contributed by atoms with van der Waals surface area (Å²) in [6.07, 6.45) is -4.35. The number of halogens is 3. The zero-order valence-corrected chi connectivity index (χ0v) is 14.5. The van der Waals surface area contributed by atoms with Crippen LogP contribution in [0.15, 0.2) is 15.6 Å². The third-order valence-electron chi connectivity index (χ3n) is 2.76. The fraction of sp³-hybridized carbons (Fsp3) is 0.500. The highest BCUT2D eigenvalue weighted by atomic mass is 32.2. The van der Waals surface area contributed by atoms with Crippen LogP contribution >= 0.6 is 23.1 Å². The van der Waals surface area contributed by atoms with E-state index in [2.05, 4.69) is 26.1 Å².